The van der Waals surface area contributed by atoms with Gasteiger partial charge in [-0.2, -0.15) is 5.26 Å². The number of pyridine rings is 1. The third kappa shape index (κ3) is 3.24. The lowest BCUT2D eigenvalue weighted by Crippen LogP contribution is -2.11. The van der Waals surface area contributed by atoms with Crippen molar-refractivity contribution < 1.29 is 9.53 Å². The van der Waals surface area contributed by atoms with Crippen LogP contribution in [0.2, 0.25) is 0 Å². The molecule has 0 aliphatic heterocycles. The first kappa shape index (κ1) is 18.7. The summed E-state index contributed by atoms with van der Waals surface area (Å²) in [5.41, 5.74) is 14.1. The first-order valence-corrected chi connectivity index (χ1v) is 10.1. The van der Waals surface area contributed by atoms with Crippen molar-refractivity contribution in [2.45, 2.75) is 0 Å². The molecule has 0 bridgehead atoms. The number of carbonyl (C=O) groups excluding carboxylic acids is 1. The highest BCUT2D eigenvalue weighted by atomic mass is 32.1. The SMILES string of the molecule is COc1ccc(NC(=O)c2sc3nc(N)c(C#N)c(-c4cccs4)c3c2N)cc1. The third-order valence-electron chi connectivity index (χ3n) is 4.34. The number of hydrogen-bond donors (Lipinski definition) is 3. The van der Waals surface area contributed by atoms with E-state index in [2.05, 4.69) is 16.4 Å². The second-order valence-corrected chi connectivity index (χ2v) is 7.99. The summed E-state index contributed by atoms with van der Waals surface area (Å²) in [7, 11) is 1.57. The Kier molecular flexibility index (Phi) is 4.80. The molecule has 3 heterocycles. The molecule has 0 fully saturated rings. The molecule has 0 unspecified atom stereocenters. The molecule has 4 rings (SSSR count). The zero-order chi connectivity index (χ0) is 20.5. The summed E-state index contributed by atoms with van der Waals surface area (Å²) in [5.74, 6) is 0.449. The topological polar surface area (TPSA) is 127 Å². The highest BCUT2D eigenvalue weighted by Gasteiger charge is 2.24. The Morgan fingerprint density at radius 3 is 2.62 bits per heavy atom. The van der Waals surface area contributed by atoms with Gasteiger partial charge in [-0.15, -0.1) is 22.7 Å². The number of nitriles is 1. The number of benzene rings is 1. The Labute approximate surface area is 174 Å². The zero-order valence-corrected chi connectivity index (χ0v) is 16.9. The van der Waals surface area contributed by atoms with Gasteiger partial charge in [-0.05, 0) is 35.7 Å². The fourth-order valence-corrected chi connectivity index (χ4v) is 4.77. The predicted molar refractivity (Wildman–Crippen MR) is 117 cm³/mol. The molecule has 144 valence electrons. The van der Waals surface area contributed by atoms with Crippen molar-refractivity contribution in [1.29, 1.82) is 5.26 Å². The molecule has 0 saturated heterocycles. The van der Waals surface area contributed by atoms with Crippen molar-refractivity contribution in [2.75, 3.05) is 23.9 Å². The summed E-state index contributed by atoms with van der Waals surface area (Å²) in [6, 6.07) is 12.9. The van der Waals surface area contributed by atoms with E-state index in [-0.39, 0.29) is 23.0 Å². The van der Waals surface area contributed by atoms with Gasteiger partial charge in [0.15, 0.2) is 0 Å². The highest BCUT2D eigenvalue weighted by molar-refractivity contribution is 7.21. The fraction of sp³-hybridized carbons (Fsp3) is 0.0500. The lowest BCUT2D eigenvalue weighted by molar-refractivity contribution is 0.103. The van der Waals surface area contributed by atoms with E-state index in [4.69, 9.17) is 16.2 Å². The van der Waals surface area contributed by atoms with Crippen molar-refractivity contribution >= 4 is 56.0 Å². The molecule has 1 aromatic carbocycles. The molecule has 0 aliphatic carbocycles. The van der Waals surface area contributed by atoms with Gasteiger partial charge in [0.05, 0.1) is 12.8 Å². The zero-order valence-electron chi connectivity index (χ0n) is 15.2. The van der Waals surface area contributed by atoms with Crippen LogP contribution >= 0.6 is 22.7 Å². The van der Waals surface area contributed by atoms with E-state index in [0.29, 0.717) is 32.1 Å². The van der Waals surface area contributed by atoms with Gasteiger partial charge in [0, 0.05) is 21.5 Å². The number of fused-ring (bicyclic) bond motifs is 1. The summed E-state index contributed by atoms with van der Waals surface area (Å²) in [5, 5.41) is 14.9. The van der Waals surface area contributed by atoms with E-state index in [1.165, 1.54) is 11.3 Å². The monoisotopic (exact) mass is 421 g/mol. The van der Waals surface area contributed by atoms with Gasteiger partial charge in [-0.25, -0.2) is 4.98 Å². The van der Waals surface area contributed by atoms with E-state index in [0.717, 1.165) is 16.2 Å². The Balaban J connectivity index is 1.82. The van der Waals surface area contributed by atoms with Crippen LogP contribution in [0.3, 0.4) is 0 Å². The van der Waals surface area contributed by atoms with Crippen LogP contribution in [-0.2, 0) is 0 Å². The minimum atomic E-state index is -0.357. The van der Waals surface area contributed by atoms with Crippen LogP contribution in [0.15, 0.2) is 41.8 Å². The minimum absolute atomic E-state index is 0.117. The smallest absolute Gasteiger partial charge is 0.267 e. The number of rotatable bonds is 4. The number of methoxy groups -OCH3 is 1. The standard InChI is InChI=1S/C20H15N5O2S2/c1-27-11-6-4-10(5-7-11)24-19(26)17-16(22)15-14(13-3-2-8-28-13)12(9-21)18(23)25-20(15)29-17/h2-8H,22H2,1H3,(H2,23,25)(H,24,26). The molecule has 9 heteroatoms. The van der Waals surface area contributed by atoms with Crippen molar-refractivity contribution in [3.63, 3.8) is 0 Å². The lowest BCUT2D eigenvalue weighted by atomic mass is 10.0. The average Bonchev–Trinajstić information content (AvgIpc) is 3.36. The molecule has 4 aromatic rings. The second kappa shape index (κ2) is 7.43. The third-order valence-corrected chi connectivity index (χ3v) is 6.32. The number of nitrogens with one attached hydrogen (secondary N) is 1. The molecule has 0 aliphatic rings. The molecule has 29 heavy (non-hydrogen) atoms. The number of nitrogens with zero attached hydrogens (tertiary/aromatic N) is 2. The van der Waals surface area contributed by atoms with E-state index in [1.54, 1.807) is 31.4 Å². The minimum Gasteiger partial charge on any atom is -0.497 e. The molecule has 7 nitrogen and oxygen atoms in total. The maximum absolute atomic E-state index is 12.9. The van der Waals surface area contributed by atoms with Gasteiger partial charge >= 0.3 is 0 Å². The molecular formula is C20H15N5O2S2. The van der Waals surface area contributed by atoms with Crippen LogP contribution in [0.4, 0.5) is 17.2 Å². The van der Waals surface area contributed by atoms with Crippen LogP contribution in [0, 0.1) is 11.3 Å². The number of carbonyl (C=O) groups is 1. The van der Waals surface area contributed by atoms with Crippen LogP contribution in [0.1, 0.15) is 15.2 Å². The average molecular weight is 422 g/mol. The van der Waals surface area contributed by atoms with Gasteiger partial charge in [0.2, 0.25) is 0 Å². The highest BCUT2D eigenvalue weighted by Crippen LogP contribution is 2.43. The van der Waals surface area contributed by atoms with Gasteiger partial charge in [0.25, 0.3) is 5.91 Å². The summed E-state index contributed by atoms with van der Waals surface area (Å²) in [6.07, 6.45) is 0. The summed E-state index contributed by atoms with van der Waals surface area (Å²) < 4.78 is 5.12. The van der Waals surface area contributed by atoms with Crippen LogP contribution in [0.25, 0.3) is 20.7 Å². The number of amides is 1. The Hall–Kier alpha value is -3.61. The Morgan fingerprint density at radius 1 is 1.24 bits per heavy atom. The molecule has 0 spiro atoms. The first-order valence-electron chi connectivity index (χ1n) is 8.44. The fourth-order valence-electron chi connectivity index (χ4n) is 2.98. The van der Waals surface area contributed by atoms with Crippen molar-refractivity contribution in [3.8, 4) is 22.3 Å². The maximum Gasteiger partial charge on any atom is 0.267 e. The Bertz CT molecular complexity index is 1260. The largest absolute Gasteiger partial charge is 0.497 e. The molecule has 0 radical (unpaired) electrons. The number of nitrogens with two attached hydrogens (primary N) is 2. The molecular weight excluding hydrogens is 406 g/mol. The second-order valence-electron chi connectivity index (χ2n) is 6.04. The number of nitrogen functional groups attached to an aromatic ring is 2. The van der Waals surface area contributed by atoms with Gasteiger partial charge in [-0.1, -0.05) is 6.07 Å². The van der Waals surface area contributed by atoms with Crippen molar-refractivity contribution in [1.82, 2.24) is 4.98 Å². The number of aromatic nitrogens is 1. The maximum atomic E-state index is 12.9. The van der Waals surface area contributed by atoms with E-state index in [9.17, 15) is 10.1 Å². The van der Waals surface area contributed by atoms with Crippen LogP contribution in [0.5, 0.6) is 5.75 Å². The van der Waals surface area contributed by atoms with Gasteiger partial charge < -0.3 is 21.5 Å². The number of hydrogen-bond acceptors (Lipinski definition) is 8. The van der Waals surface area contributed by atoms with Crippen molar-refractivity contribution in [3.05, 3.63) is 52.2 Å². The van der Waals surface area contributed by atoms with Crippen LogP contribution in [-0.4, -0.2) is 18.0 Å². The molecule has 0 saturated carbocycles. The molecule has 5 N–H and O–H groups in total. The summed E-state index contributed by atoms with van der Waals surface area (Å²) >= 11 is 2.61. The predicted octanol–water partition coefficient (Wildman–Crippen LogP) is 4.32. The number of thiophene rings is 2. The molecule has 0 atom stereocenters. The van der Waals surface area contributed by atoms with Crippen LogP contribution < -0.4 is 21.5 Å². The van der Waals surface area contributed by atoms with Crippen molar-refractivity contribution in [2.24, 2.45) is 0 Å². The first-order chi connectivity index (χ1) is 14.0. The molecule has 3 aromatic heterocycles. The summed E-state index contributed by atoms with van der Waals surface area (Å²) in [4.78, 5) is 18.8. The van der Waals surface area contributed by atoms with Gasteiger partial charge in [0.1, 0.15) is 32.9 Å². The summed E-state index contributed by atoms with van der Waals surface area (Å²) in [6.45, 7) is 0. The van der Waals surface area contributed by atoms with E-state index < -0.39 is 0 Å². The van der Waals surface area contributed by atoms with E-state index in [1.807, 2.05) is 17.5 Å². The van der Waals surface area contributed by atoms with Gasteiger partial charge in [-0.3, -0.25) is 4.79 Å². The van der Waals surface area contributed by atoms with E-state index >= 15 is 0 Å². The number of anilines is 3. The normalized spacial score (nSPS) is 10.6. The number of ether oxygens (including phenoxy) is 1. The lowest BCUT2D eigenvalue weighted by Gasteiger charge is -2.08. The molecule has 1 amide bonds. The Morgan fingerprint density at radius 2 is 2.00 bits per heavy atom. The quantitative estimate of drug-likeness (QED) is 0.450.